The van der Waals surface area contributed by atoms with Crippen LogP contribution < -0.4 is 5.43 Å². The molecule has 0 unspecified atom stereocenters. The lowest BCUT2D eigenvalue weighted by Gasteiger charge is -1.95. The maximum Gasteiger partial charge on any atom is 0.195 e. The van der Waals surface area contributed by atoms with Crippen LogP contribution in [0.1, 0.15) is 5.56 Å². The second-order valence-corrected chi connectivity index (χ2v) is 2.59. The molecule has 0 aliphatic rings. The minimum atomic E-state index is -0.0585. The monoisotopic (exact) mass is 159 g/mol. The van der Waals surface area contributed by atoms with Crippen molar-refractivity contribution in [3.05, 3.63) is 53.2 Å². The largest absolute Gasteiger partial charge is 0.464 e. The molecule has 0 amide bonds. The van der Waals surface area contributed by atoms with Gasteiger partial charge in [-0.05, 0) is 19.1 Å². The van der Waals surface area contributed by atoms with Crippen LogP contribution >= 0.6 is 0 Å². The zero-order chi connectivity index (χ0) is 8.55. The minimum Gasteiger partial charge on any atom is -0.464 e. The molecule has 0 bridgehead atoms. The van der Waals surface area contributed by atoms with E-state index in [1.807, 2.05) is 6.07 Å². The van der Waals surface area contributed by atoms with Gasteiger partial charge < -0.3 is 4.42 Å². The molecule has 1 radical (unpaired) electrons. The summed E-state index contributed by atoms with van der Waals surface area (Å²) in [5.41, 5.74) is 0.945. The number of fused-ring (bicyclic) bond motifs is 1. The van der Waals surface area contributed by atoms with Gasteiger partial charge in [0.2, 0.25) is 0 Å². The normalized spacial score (nSPS) is 10.4. The first-order chi connectivity index (χ1) is 5.79. The van der Waals surface area contributed by atoms with Crippen LogP contribution in [0.3, 0.4) is 0 Å². The number of rotatable bonds is 0. The van der Waals surface area contributed by atoms with Crippen LogP contribution in [0.4, 0.5) is 0 Å². The summed E-state index contributed by atoms with van der Waals surface area (Å²) in [6.45, 7) is 3.56. The Kier molecular flexibility index (Phi) is 1.47. The third-order valence-electron chi connectivity index (χ3n) is 1.75. The molecule has 0 saturated carbocycles. The second kappa shape index (κ2) is 2.48. The summed E-state index contributed by atoms with van der Waals surface area (Å²) >= 11 is 0. The molecule has 0 aliphatic carbocycles. The summed E-state index contributed by atoms with van der Waals surface area (Å²) in [4.78, 5) is 11.4. The molecule has 2 rings (SSSR count). The zero-order valence-electron chi connectivity index (χ0n) is 6.41. The van der Waals surface area contributed by atoms with Gasteiger partial charge >= 0.3 is 0 Å². The molecule has 2 heteroatoms. The van der Waals surface area contributed by atoms with E-state index in [4.69, 9.17) is 4.42 Å². The number of benzene rings is 1. The molecule has 0 aliphatic heterocycles. The molecule has 1 aromatic heterocycles. The lowest BCUT2D eigenvalue weighted by Crippen LogP contribution is -2.03. The van der Waals surface area contributed by atoms with Gasteiger partial charge in [-0.3, -0.25) is 4.79 Å². The van der Waals surface area contributed by atoms with Gasteiger partial charge in [0.05, 0.1) is 11.6 Å². The van der Waals surface area contributed by atoms with Crippen molar-refractivity contribution >= 4 is 11.0 Å². The van der Waals surface area contributed by atoms with Gasteiger partial charge in [-0.2, -0.15) is 0 Å². The van der Waals surface area contributed by atoms with E-state index in [0.29, 0.717) is 16.5 Å². The number of para-hydroxylation sites is 1. The number of hydrogen-bond acceptors (Lipinski definition) is 2. The molecule has 2 aromatic rings. The van der Waals surface area contributed by atoms with Crippen LogP contribution in [-0.2, 0) is 0 Å². The Hall–Kier alpha value is -1.57. The van der Waals surface area contributed by atoms with E-state index in [9.17, 15) is 4.79 Å². The molecule has 0 fully saturated rings. The van der Waals surface area contributed by atoms with E-state index < -0.39 is 0 Å². The highest BCUT2D eigenvalue weighted by Crippen LogP contribution is 2.09. The maximum atomic E-state index is 11.4. The Balaban J connectivity index is 3.01. The van der Waals surface area contributed by atoms with Crippen molar-refractivity contribution in [2.24, 2.45) is 0 Å². The Morgan fingerprint density at radius 3 is 2.83 bits per heavy atom. The lowest BCUT2D eigenvalue weighted by molar-refractivity contribution is 0.600. The van der Waals surface area contributed by atoms with E-state index >= 15 is 0 Å². The first kappa shape index (κ1) is 7.10. The Morgan fingerprint density at radius 2 is 2.00 bits per heavy atom. The summed E-state index contributed by atoms with van der Waals surface area (Å²) < 4.78 is 5.16. The first-order valence-corrected chi connectivity index (χ1v) is 3.61. The number of hydrogen-bond donors (Lipinski definition) is 0. The van der Waals surface area contributed by atoms with Crippen molar-refractivity contribution < 1.29 is 4.42 Å². The van der Waals surface area contributed by atoms with Crippen LogP contribution in [0.5, 0.6) is 0 Å². The molecule has 0 saturated heterocycles. The van der Waals surface area contributed by atoms with Gasteiger partial charge in [0.25, 0.3) is 0 Å². The average molecular weight is 159 g/mol. The summed E-state index contributed by atoms with van der Waals surface area (Å²) in [6, 6.07) is 7.12. The van der Waals surface area contributed by atoms with Gasteiger partial charge in [0.1, 0.15) is 5.58 Å². The van der Waals surface area contributed by atoms with E-state index in [2.05, 4.69) is 6.92 Å². The van der Waals surface area contributed by atoms with Crippen LogP contribution in [0.25, 0.3) is 11.0 Å². The minimum absolute atomic E-state index is 0.0585. The van der Waals surface area contributed by atoms with Crippen molar-refractivity contribution in [3.63, 3.8) is 0 Å². The first-order valence-electron chi connectivity index (χ1n) is 3.61. The molecular formula is C10H7O2. The maximum absolute atomic E-state index is 11.4. The van der Waals surface area contributed by atoms with Crippen LogP contribution in [0.15, 0.2) is 39.7 Å². The summed E-state index contributed by atoms with van der Waals surface area (Å²) in [6.07, 6.45) is 1.38. The van der Waals surface area contributed by atoms with E-state index in [1.165, 1.54) is 6.26 Å². The fourth-order valence-corrected chi connectivity index (χ4v) is 1.12. The van der Waals surface area contributed by atoms with Crippen LogP contribution in [0.2, 0.25) is 0 Å². The second-order valence-electron chi connectivity index (χ2n) is 2.59. The smallest absolute Gasteiger partial charge is 0.195 e. The molecule has 0 spiro atoms. The fourth-order valence-electron chi connectivity index (χ4n) is 1.12. The van der Waals surface area contributed by atoms with Crippen LogP contribution in [0, 0.1) is 6.92 Å². The highest BCUT2D eigenvalue weighted by Gasteiger charge is 2.00. The molecule has 12 heavy (non-hydrogen) atoms. The van der Waals surface area contributed by atoms with Gasteiger partial charge in [-0.15, -0.1) is 0 Å². The predicted molar refractivity (Wildman–Crippen MR) is 46.9 cm³/mol. The quantitative estimate of drug-likeness (QED) is 0.588. The van der Waals surface area contributed by atoms with Crippen molar-refractivity contribution in [2.75, 3.05) is 0 Å². The predicted octanol–water partition coefficient (Wildman–Crippen LogP) is 1.98. The topological polar surface area (TPSA) is 30.2 Å². The lowest BCUT2D eigenvalue weighted by atomic mass is 10.2. The summed E-state index contributed by atoms with van der Waals surface area (Å²) in [7, 11) is 0. The highest BCUT2D eigenvalue weighted by molar-refractivity contribution is 5.76. The zero-order valence-corrected chi connectivity index (χ0v) is 6.41. The van der Waals surface area contributed by atoms with E-state index in [0.717, 1.165) is 0 Å². The van der Waals surface area contributed by atoms with E-state index in [-0.39, 0.29) is 5.43 Å². The Bertz CT molecular complexity index is 468. The molecule has 1 aromatic carbocycles. The molecular weight excluding hydrogens is 152 g/mol. The molecule has 1 heterocycles. The Morgan fingerprint density at radius 1 is 1.25 bits per heavy atom. The van der Waals surface area contributed by atoms with Crippen molar-refractivity contribution in [3.8, 4) is 0 Å². The van der Waals surface area contributed by atoms with E-state index in [1.54, 1.807) is 18.2 Å². The van der Waals surface area contributed by atoms with Crippen molar-refractivity contribution in [1.82, 2.24) is 0 Å². The third kappa shape index (κ3) is 0.925. The van der Waals surface area contributed by atoms with Crippen LogP contribution in [-0.4, -0.2) is 0 Å². The average Bonchev–Trinajstić information content (AvgIpc) is 2.12. The Labute approximate surface area is 69.4 Å². The molecule has 59 valence electrons. The third-order valence-corrected chi connectivity index (χ3v) is 1.75. The summed E-state index contributed by atoms with van der Waals surface area (Å²) in [5, 5.41) is 0.588. The standard InChI is InChI=1S/C10H7O2/c1-7-6-12-9-5-3-2-4-8(9)10(7)11/h2-6H,1H2. The highest BCUT2D eigenvalue weighted by atomic mass is 16.3. The van der Waals surface area contributed by atoms with Crippen molar-refractivity contribution in [1.29, 1.82) is 0 Å². The summed E-state index contributed by atoms with van der Waals surface area (Å²) in [5.74, 6) is 0. The van der Waals surface area contributed by atoms with Gasteiger partial charge in [-0.25, -0.2) is 0 Å². The van der Waals surface area contributed by atoms with Gasteiger partial charge in [0, 0.05) is 5.56 Å². The molecule has 2 nitrogen and oxygen atoms in total. The molecule has 0 atom stereocenters. The molecule has 0 N–H and O–H groups in total. The van der Waals surface area contributed by atoms with Crippen molar-refractivity contribution in [2.45, 2.75) is 0 Å². The van der Waals surface area contributed by atoms with Gasteiger partial charge in [0.15, 0.2) is 5.43 Å². The SMILES string of the molecule is [CH2]c1coc2ccccc2c1=O. The fraction of sp³-hybridized carbons (Fsp3) is 0. The van der Waals surface area contributed by atoms with Gasteiger partial charge in [-0.1, -0.05) is 12.1 Å².